The Labute approximate surface area is 128 Å². The summed E-state index contributed by atoms with van der Waals surface area (Å²) in [5.74, 6) is 4.56. The minimum absolute atomic E-state index is 0.357. The van der Waals surface area contributed by atoms with Crippen LogP contribution in [-0.2, 0) is 16.0 Å². The molecule has 1 heterocycles. The van der Waals surface area contributed by atoms with Gasteiger partial charge < -0.3 is 10.1 Å². The zero-order chi connectivity index (χ0) is 16.3. The molecule has 3 amide bonds. The summed E-state index contributed by atoms with van der Waals surface area (Å²) in [7, 11) is 1.32. The van der Waals surface area contributed by atoms with Crippen molar-refractivity contribution in [1.29, 1.82) is 0 Å². The summed E-state index contributed by atoms with van der Waals surface area (Å²) in [4.78, 5) is 35.5. The molecule has 0 aromatic heterocycles. The Morgan fingerprint density at radius 3 is 2.59 bits per heavy atom. The van der Waals surface area contributed by atoms with Crippen LogP contribution in [0.4, 0.5) is 4.79 Å². The van der Waals surface area contributed by atoms with Gasteiger partial charge in [0.1, 0.15) is 5.54 Å². The normalized spacial score (nSPS) is 21.0. The van der Waals surface area contributed by atoms with E-state index in [9.17, 15) is 14.4 Å². The number of nitrogens with two attached hydrogens (primary N) is 1. The first-order valence-corrected chi connectivity index (χ1v) is 7.03. The van der Waals surface area contributed by atoms with Gasteiger partial charge in [-0.3, -0.25) is 4.79 Å². The first kappa shape index (κ1) is 16.0. The lowest BCUT2D eigenvalue weighted by Gasteiger charge is -2.24. The highest BCUT2D eigenvalue weighted by Gasteiger charge is 2.48. The summed E-state index contributed by atoms with van der Waals surface area (Å²) in [5, 5.41) is 3.25. The second-order valence-corrected chi connectivity index (χ2v) is 5.19. The average molecular weight is 305 g/mol. The van der Waals surface area contributed by atoms with Gasteiger partial charge >= 0.3 is 12.0 Å². The largest absolute Gasteiger partial charge is 0.465 e. The van der Waals surface area contributed by atoms with Gasteiger partial charge in [0, 0.05) is 0 Å². The number of nitrogens with zero attached hydrogens (tertiary/aromatic N) is 1. The smallest absolute Gasteiger partial charge is 0.339 e. The number of urea groups is 1. The van der Waals surface area contributed by atoms with Crippen LogP contribution >= 0.6 is 0 Å². The Balaban J connectivity index is 2.21. The summed E-state index contributed by atoms with van der Waals surface area (Å²) < 4.78 is 4.75. The maximum Gasteiger partial charge on any atom is 0.339 e. The van der Waals surface area contributed by atoms with Gasteiger partial charge in [0.25, 0.3) is 5.91 Å². The van der Waals surface area contributed by atoms with Crippen molar-refractivity contribution < 1.29 is 19.1 Å². The second kappa shape index (κ2) is 6.15. The number of imide groups is 1. The molecule has 7 nitrogen and oxygen atoms in total. The topological polar surface area (TPSA) is 102 Å². The van der Waals surface area contributed by atoms with E-state index in [2.05, 4.69) is 5.32 Å². The summed E-state index contributed by atoms with van der Waals surface area (Å²) >= 11 is 0. The fraction of sp³-hybridized carbons (Fsp3) is 0.400. The lowest BCUT2D eigenvalue weighted by molar-refractivity contribution is -0.131. The molecule has 2 rings (SSSR count). The zero-order valence-corrected chi connectivity index (χ0v) is 12.6. The SMILES string of the molecule is CC[C@]1(CCc2ccccc2C(=O)OC)NC(=O)N(N)C1=O. The van der Waals surface area contributed by atoms with Gasteiger partial charge in [-0.25, -0.2) is 15.4 Å². The number of nitrogens with one attached hydrogen (secondary N) is 1. The molecule has 1 aromatic carbocycles. The van der Waals surface area contributed by atoms with Crippen molar-refractivity contribution in [1.82, 2.24) is 10.3 Å². The maximum absolute atomic E-state index is 12.2. The van der Waals surface area contributed by atoms with Gasteiger partial charge in [-0.05, 0) is 30.9 Å². The lowest BCUT2D eigenvalue weighted by atomic mass is 9.87. The highest BCUT2D eigenvalue weighted by Crippen LogP contribution is 2.26. The number of aryl methyl sites for hydroxylation is 1. The fourth-order valence-electron chi connectivity index (χ4n) is 2.62. The Kier molecular flexibility index (Phi) is 4.46. The van der Waals surface area contributed by atoms with Gasteiger partial charge in [-0.15, -0.1) is 0 Å². The molecule has 1 saturated heterocycles. The molecule has 1 aromatic rings. The van der Waals surface area contributed by atoms with Crippen molar-refractivity contribution >= 4 is 17.9 Å². The number of rotatable bonds is 5. The van der Waals surface area contributed by atoms with Crippen molar-refractivity contribution in [2.24, 2.45) is 5.84 Å². The predicted molar refractivity (Wildman–Crippen MR) is 78.7 cm³/mol. The Morgan fingerprint density at radius 1 is 1.36 bits per heavy atom. The van der Waals surface area contributed by atoms with E-state index in [1.54, 1.807) is 18.2 Å². The minimum Gasteiger partial charge on any atom is -0.465 e. The summed E-state index contributed by atoms with van der Waals surface area (Å²) in [5.41, 5.74) is 0.201. The summed E-state index contributed by atoms with van der Waals surface area (Å²) in [6, 6.07) is 6.43. The molecule has 0 bridgehead atoms. The minimum atomic E-state index is -1.02. The molecule has 0 unspecified atom stereocenters. The predicted octanol–water partition coefficient (Wildman–Crippen LogP) is 0.980. The highest BCUT2D eigenvalue weighted by atomic mass is 16.5. The van der Waals surface area contributed by atoms with Crippen molar-refractivity contribution in [2.75, 3.05) is 7.11 Å². The lowest BCUT2D eigenvalue weighted by Crippen LogP contribution is -2.47. The molecule has 0 radical (unpaired) electrons. The number of hydrazine groups is 1. The molecular formula is C15H19N3O4. The van der Waals surface area contributed by atoms with Crippen LogP contribution < -0.4 is 11.2 Å². The number of carbonyl (C=O) groups excluding carboxylic acids is 3. The standard InChI is InChI=1S/C15H19N3O4/c1-3-15(13(20)18(16)14(21)17-15)9-8-10-6-4-5-7-11(10)12(19)22-2/h4-7H,3,8-9,16H2,1-2H3,(H,17,21)/t15-/m1/s1. The Morgan fingerprint density at radius 2 is 2.05 bits per heavy atom. The quantitative estimate of drug-likeness (QED) is 0.365. The average Bonchev–Trinajstić information content (AvgIpc) is 2.77. The Hall–Kier alpha value is -2.41. The van der Waals surface area contributed by atoms with Crippen LogP contribution in [0.5, 0.6) is 0 Å². The Bertz CT molecular complexity index is 617. The van der Waals surface area contributed by atoms with E-state index in [4.69, 9.17) is 10.6 Å². The number of amides is 3. The van der Waals surface area contributed by atoms with E-state index in [1.807, 2.05) is 13.0 Å². The van der Waals surface area contributed by atoms with Crippen LogP contribution in [0.2, 0.25) is 0 Å². The van der Waals surface area contributed by atoms with Gasteiger partial charge in [0.2, 0.25) is 0 Å². The molecule has 1 aliphatic heterocycles. The van der Waals surface area contributed by atoms with Gasteiger partial charge in [-0.1, -0.05) is 25.1 Å². The third-order valence-corrected chi connectivity index (χ3v) is 4.04. The van der Waals surface area contributed by atoms with Crippen molar-refractivity contribution in [3.8, 4) is 0 Å². The van der Waals surface area contributed by atoms with Crippen LogP contribution in [-0.4, -0.2) is 35.6 Å². The van der Waals surface area contributed by atoms with Crippen LogP contribution in [0.3, 0.4) is 0 Å². The molecule has 0 saturated carbocycles. The number of esters is 1. The molecule has 0 aliphatic carbocycles. The molecule has 1 fully saturated rings. The van der Waals surface area contributed by atoms with E-state index in [0.29, 0.717) is 29.8 Å². The molecule has 1 atom stereocenters. The van der Waals surface area contributed by atoms with Crippen LogP contribution in [0, 0.1) is 0 Å². The molecule has 118 valence electrons. The van der Waals surface area contributed by atoms with Crippen molar-refractivity contribution in [2.45, 2.75) is 31.7 Å². The number of hydrogen-bond acceptors (Lipinski definition) is 5. The van der Waals surface area contributed by atoms with Gasteiger partial charge in [0.15, 0.2) is 0 Å². The highest BCUT2D eigenvalue weighted by molar-refractivity contribution is 6.06. The number of ether oxygens (including phenoxy) is 1. The summed E-state index contributed by atoms with van der Waals surface area (Å²) in [6.45, 7) is 1.81. The van der Waals surface area contributed by atoms with E-state index in [0.717, 1.165) is 5.56 Å². The summed E-state index contributed by atoms with van der Waals surface area (Å²) in [6.07, 6.45) is 1.22. The monoisotopic (exact) mass is 305 g/mol. The van der Waals surface area contributed by atoms with Crippen LogP contribution in [0.25, 0.3) is 0 Å². The van der Waals surface area contributed by atoms with Crippen LogP contribution in [0.1, 0.15) is 35.7 Å². The first-order valence-electron chi connectivity index (χ1n) is 7.03. The third-order valence-electron chi connectivity index (χ3n) is 4.04. The van der Waals surface area contributed by atoms with Crippen molar-refractivity contribution in [3.05, 3.63) is 35.4 Å². The van der Waals surface area contributed by atoms with Gasteiger partial charge in [0.05, 0.1) is 12.7 Å². The van der Waals surface area contributed by atoms with Crippen molar-refractivity contribution in [3.63, 3.8) is 0 Å². The molecular weight excluding hydrogens is 286 g/mol. The van der Waals surface area contributed by atoms with E-state index in [-0.39, 0.29) is 0 Å². The zero-order valence-electron chi connectivity index (χ0n) is 12.6. The molecule has 7 heteroatoms. The fourth-order valence-corrected chi connectivity index (χ4v) is 2.62. The number of hydrogen-bond donors (Lipinski definition) is 2. The molecule has 0 spiro atoms. The molecule has 1 aliphatic rings. The van der Waals surface area contributed by atoms with Gasteiger partial charge in [-0.2, -0.15) is 5.01 Å². The third kappa shape index (κ3) is 2.67. The first-order chi connectivity index (χ1) is 10.4. The van der Waals surface area contributed by atoms with Crippen LogP contribution in [0.15, 0.2) is 24.3 Å². The van der Waals surface area contributed by atoms with E-state index < -0.39 is 23.4 Å². The number of benzene rings is 1. The van der Waals surface area contributed by atoms with E-state index in [1.165, 1.54) is 7.11 Å². The number of methoxy groups -OCH3 is 1. The molecule has 22 heavy (non-hydrogen) atoms. The van der Waals surface area contributed by atoms with E-state index >= 15 is 0 Å². The second-order valence-electron chi connectivity index (χ2n) is 5.19. The maximum atomic E-state index is 12.2. The number of carbonyl (C=O) groups is 3. The molecule has 3 N–H and O–H groups in total.